The number of hydrogen-bond acceptors (Lipinski definition) is 4. The Morgan fingerprint density at radius 3 is 2.39 bits per heavy atom. The Labute approximate surface area is 133 Å². The second-order valence-corrected chi connectivity index (χ2v) is 7.06. The summed E-state index contributed by atoms with van der Waals surface area (Å²) >= 11 is 0. The van der Waals surface area contributed by atoms with Crippen molar-refractivity contribution in [1.82, 2.24) is 4.31 Å². The number of hydrogen-bond donors (Lipinski definition) is 1. The van der Waals surface area contributed by atoms with Crippen LogP contribution in [0.5, 0.6) is 0 Å². The number of sulfonamides is 1. The van der Waals surface area contributed by atoms with Crippen LogP contribution in [0.25, 0.3) is 0 Å². The Hall–Kier alpha value is -2.67. The first kappa shape index (κ1) is 15.2. The molecule has 0 bridgehead atoms. The maximum atomic E-state index is 12.4. The van der Waals surface area contributed by atoms with Crippen LogP contribution >= 0.6 is 0 Å². The van der Waals surface area contributed by atoms with Crippen LogP contribution in [-0.2, 0) is 14.8 Å². The van der Waals surface area contributed by atoms with Gasteiger partial charge in [-0.2, -0.15) is 0 Å². The highest BCUT2D eigenvalue weighted by atomic mass is 32.2. The Bertz CT molecular complexity index is 889. The summed E-state index contributed by atoms with van der Waals surface area (Å²) in [6.07, 6.45) is 0. The molecule has 0 radical (unpaired) electrons. The fraction of sp³-hybridized carbons (Fsp3) is 0.125. The lowest BCUT2D eigenvalue weighted by molar-refractivity contribution is -0.116. The largest absolute Gasteiger partial charge is 0.325 e. The van der Waals surface area contributed by atoms with Crippen molar-refractivity contribution in [3.05, 3.63) is 59.7 Å². The Balaban J connectivity index is 1.80. The highest BCUT2D eigenvalue weighted by Crippen LogP contribution is 2.29. The highest BCUT2D eigenvalue weighted by Gasteiger charge is 2.41. The number of amides is 2. The number of nitrogens with zero attached hydrogens (tertiary/aromatic N) is 1. The van der Waals surface area contributed by atoms with E-state index in [0.29, 0.717) is 9.99 Å². The summed E-state index contributed by atoms with van der Waals surface area (Å²) in [7, 11) is -3.97. The SMILES string of the molecule is Cc1ccc(NC(=O)CN2C(=O)c3ccccc3S2(=O)=O)cc1. The van der Waals surface area contributed by atoms with Gasteiger partial charge >= 0.3 is 0 Å². The zero-order valence-electron chi connectivity index (χ0n) is 12.3. The van der Waals surface area contributed by atoms with Crippen LogP contribution in [0.4, 0.5) is 5.69 Å². The van der Waals surface area contributed by atoms with Crippen LogP contribution < -0.4 is 5.32 Å². The number of rotatable bonds is 3. The molecule has 6 nitrogen and oxygen atoms in total. The van der Waals surface area contributed by atoms with Gasteiger partial charge in [-0.25, -0.2) is 12.7 Å². The molecular weight excluding hydrogens is 316 g/mol. The molecule has 2 aromatic carbocycles. The molecule has 0 aromatic heterocycles. The molecule has 2 aromatic rings. The van der Waals surface area contributed by atoms with Crippen LogP contribution in [0, 0.1) is 6.92 Å². The van der Waals surface area contributed by atoms with Gasteiger partial charge in [0.1, 0.15) is 11.4 Å². The number of fused-ring (bicyclic) bond motifs is 1. The predicted molar refractivity (Wildman–Crippen MR) is 84.5 cm³/mol. The van der Waals surface area contributed by atoms with Crippen molar-refractivity contribution in [1.29, 1.82) is 0 Å². The fourth-order valence-corrected chi connectivity index (χ4v) is 3.88. The van der Waals surface area contributed by atoms with Crippen LogP contribution in [0.15, 0.2) is 53.4 Å². The van der Waals surface area contributed by atoms with Crippen molar-refractivity contribution in [2.24, 2.45) is 0 Å². The second-order valence-electron chi connectivity index (χ2n) is 5.23. The number of carbonyl (C=O) groups excluding carboxylic acids is 2. The molecule has 1 aliphatic heterocycles. The molecule has 1 N–H and O–H groups in total. The molecule has 118 valence electrons. The standard InChI is InChI=1S/C16H14N2O4S/c1-11-6-8-12(9-7-11)17-15(19)10-18-16(20)13-4-2-3-5-14(13)23(18,21)22/h2-9H,10H2,1H3,(H,17,19). The van der Waals surface area contributed by atoms with Crippen molar-refractivity contribution in [2.75, 3.05) is 11.9 Å². The van der Waals surface area contributed by atoms with Crippen LogP contribution in [0.2, 0.25) is 0 Å². The van der Waals surface area contributed by atoms with E-state index in [4.69, 9.17) is 0 Å². The van der Waals surface area contributed by atoms with Gasteiger partial charge in [0.2, 0.25) is 5.91 Å². The first-order valence-electron chi connectivity index (χ1n) is 6.92. The molecule has 1 aliphatic rings. The third-order valence-corrected chi connectivity index (χ3v) is 5.32. The molecule has 23 heavy (non-hydrogen) atoms. The summed E-state index contributed by atoms with van der Waals surface area (Å²) < 4.78 is 25.3. The summed E-state index contributed by atoms with van der Waals surface area (Å²) in [6, 6.07) is 13.0. The van der Waals surface area contributed by atoms with Crippen LogP contribution in [0.1, 0.15) is 15.9 Å². The molecule has 2 amide bonds. The molecule has 0 saturated heterocycles. The molecule has 3 rings (SSSR count). The summed E-state index contributed by atoms with van der Waals surface area (Å²) in [5, 5.41) is 2.58. The van der Waals surface area contributed by atoms with Gasteiger partial charge in [0, 0.05) is 5.69 Å². The van der Waals surface area contributed by atoms with E-state index in [2.05, 4.69) is 5.32 Å². The Kier molecular flexibility index (Phi) is 3.65. The molecular formula is C16H14N2O4S. The molecule has 7 heteroatoms. The lowest BCUT2D eigenvalue weighted by Gasteiger charge is -2.14. The molecule has 0 unspecified atom stereocenters. The number of aryl methyl sites for hydroxylation is 1. The van der Waals surface area contributed by atoms with E-state index in [1.54, 1.807) is 24.3 Å². The summed E-state index contributed by atoms with van der Waals surface area (Å²) in [5.74, 6) is -1.25. The maximum Gasteiger partial charge on any atom is 0.269 e. The summed E-state index contributed by atoms with van der Waals surface area (Å²) in [5.41, 5.74) is 1.67. The molecule has 0 saturated carbocycles. The quantitative estimate of drug-likeness (QED) is 0.930. The van der Waals surface area contributed by atoms with Crippen LogP contribution in [-0.4, -0.2) is 31.1 Å². The van der Waals surface area contributed by atoms with Gasteiger partial charge in [-0.1, -0.05) is 29.8 Å². The van der Waals surface area contributed by atoms with Gasteiger partial charge in [0.15, 0.2) is 0 Å². The van der Waals surface area contributed by atoms with Gasteiger partial charge < -0.3 is 5.32 Å². The van der Waals surface area contributed by atoms with Crippen molar-refractivity contribution in [3.8, 4) is 0 Å². The molecule has 1 heterocycles. The van der Waals surface area contributed by atoms with Crippen molar-refractivity contribution < 1.29 is 18.0 Å². The van der Waals surface area contributed by atoms with Gasteiger partial charge in [-0.15, -0.1) is 0 Å². The topological polar surface area (TPSA) is 83.6 Å². The minimum atomic E-state index is -3.97. The molecule has 0 aliphatic carbocycles. The number of anilines is 1. The average molecular weight is 330 g/mol. The van der Waals surface area contributed by atoms with E-state index >= 15 is 0 Å². The lowest BCUT2D eigenvalue weighted by Crippen LogP contribution is -2.37. The molecule has 0 atom stereocenters. The smallest absolute Gasteiger partial charge is 0.269 e. The monoisotopic (exact) mass is 330 g/mol. The average Bonchev–Trinajstić information content (AvgIpc) is 2.71. The van der Waals surface area contributed by atoms with Gasteiger partial charge in [0.05, 0.1) is 5.56 Å². The third-order valence-electron chi connectivity index (χ3n) is 3.53. The zero-order valence-corrected chi connectivity index (χ0v) is 13.1. The van der Waals surface area contributed by atoms with E-state index in [1.165, 1.54) is 12.1 Å². The van der Waals surface area contributed by atoms with Crippen molar-refractivity contribution in [3.63, 3.8) is 0 Å². The Morgan fingerprint density at radius 2 is 1.74 bits per heavy atom. The lowest BCUT2D eigenvalue weighted by atomic mass is 10.2. The normalized spacial score (nSPS) is 15.3. The summed E-state index contributed by atoms with van der Waals surface area (Å²) in [6.45, 7) is 1.36. The van der Waals surface area contributed by atoms with Crippen molar-refractivity contribution >= 4 is 27.5 Å². The minimum absolute atomic E-state index is 0.0619. The minimum Gasteiger partial charge on any atom is -0.325 e. The molecule has 0 fully saturated rings. The van der Waals surface area contributed by atoms with E-state index in [1.807, 2.05) is 19.1 Å². The molecule has 0 spiro atoms. The summed E-state index contributed by atoms with van der Waals surface area (Å²) in [4.78, 5) is 24.2. The number of benzene rings is 2. The first-order valence-corrected chi connectivity index (χ1v) is 8.36. The van der Waals surface area contributed by atoms with E-state index in [0.717, 1.165) is 5.56 Å². The zero-order chi connectivity index (χ0) is 16.6. The van der Waals surface area contributed by atoms with Gasteiger partial charge in [-0.05, 0) is 31.2 Å². The predicted octanol–water partition coefficient (Wildman–Crippen LogP) is 1.78. The van der Waals surface area contributed by atoms with E-state index in [9.17, 15) is 18.0 Å². The van der Waals surface area contributed by atoms with Gasteiger partial charge in [-0.3, -0.25) is 9.59 Å². The fourth-order valence-electron chi connectivity index (χ4n) is 2.36. The maximum absolute atomic E-state index is 12.4. The van der Waals surface area contributed by atoms with Gasteiger partial charge in [0.25, 0.3) is 15.9 Å². The number of carbonyl (C=O) groups is 2. The first-order chi connectivity index (χ1) is 10.9. The highest BCUT2D eigenvalue weighted by molar-refractivity contribution is 7.90. The van der Waals surface area contributed by atoms with E-state index in [-0.39, 0.29) is 10.5 Å². The Morgan fingerprint density at radius 1 is 1.09 bits per heavy atom. The number of nitrogens with one attached hydrogen (secondary N) is 1. The van der Waals surface area contributed by atoms with Crippen molar-refractivity contribution in [2.45, 2.75) is 11.8 Å². The third kappa shape index (κ3) is 2.70. The van der Waals surface area contributed by atoms with E-state index < -0.39 is 28.4 Å². The van der Waals surface area contributed by atoms with Crippen LogP contribution in [0.3, 0.4) is 0 Å². The second kappa shape index (κ2) is 5.51.